The second-order valence-corrected chi connectivity index (χ2v) is 2.58. The van der Waals surface area contributed by atoms with Gasteiger partial charge in [0.25, 0.3) is 0 Å². The van der Waals surface area contributed by atoms with E-state index < -0.39 is 0 Å². The van der Waals surface area contributed by atoms with E-state index in [1.54, 1.807) is 0 Å². The van der Waals surface area contributed by atoms with Crippen molar-refractivity contribution in [3.63, 3.8) is 0 Å². The van der Waals surface area contributed by atoms with Crippen molar-refractivity contribution in [2.75, 3.05) is 13.2 Å². The first-order valence-corrected chi connectivity index (χ1v) is 4.13. The van der Waals surface area contributed by atoms with E-state index in [9.17, 15) is 0 Å². The van der Waals surface area contributed by atoms with Crippen LogP contribution in [-0.2, 0) is 4.74 Å². The Balaban J connectivity index is 2.29. The Hall–Kier alpha value is -0.760. The van der Waals surface area contributed by atoms with E-state index in [4.69, 9.17) is 10.5 Å². The van der Waals surface area contributed by atoms with E-state index in [-0.39, 0.29) is 0 Å². The van der Waals surface area contributed by atoms with Gasteiger partial charge >= 0.3 is 0 Å². The molecule has 0 bridgehead atoms. The van der Waals surface area contributed by atoms with Gasteiger partial charge in [-0.2, -0.15) is 0 Å². The number of nitrogens with two attached hydrogens (primary N) is 1. The molecule has 0 aromatic carbocycles. The van der Waals surface area contributed by atoms with Crippen molar-refractivity contribution in [2.45, 2.75) is 19.3 Å². The molecule has 0 aromatic rings. The Labute approximate surface area is 67.7 Å². The Morgan fingerprint density at radius 3 is 3.18 bits per heavy atom. The second-order valence-electron chi connectivity index (χ2n) is 2.58. The van der Waals surface area contributed by atoms with Crippen molar-refractivity contribution in [3.05, 3.63) is 24.0 Å². The van der Waals surface area contributed by atoms with Crippen molar-refractivity contribution in [1.82, 2.24) is 0 Å². The number of rotatable bonds is 3. The lowest BCUT2D eigenvalue weighted by Crippen LogP contribution is -1.99. The summed E-state index contributed by atoms with van der Waals surface area (Å²) >= 11 is 0. The standard InChI is InChI=1S/C9H15NO/c10-7-3-1-5-9-6-2-4-8-11-9/h1,5-6H,2-4,7-8,10H2/b5-1+. The van der Waals surface area contributed by atoms with Crippen LogP contribution in [0.4, 0.5) is 0 Å². The lowest BCUT2D eigenvalue weighted by molar-refractivity contribution is 0.206. The van der Waals surface area contributed by atoms with Crippen LogP contribution < -0.4 is 5.73 Å². The topological polar surface area (TPSA) is 35.2 Å². The maximum Gasteiger partial charge on any atom is 0.114 e. The summed E-state index contributed by atoms with van der Waals surface area (Å²) in [5, 5.41) is 0. The number of allylic oxidation sites excluding steroid dienone is 2. The smallest absolute Gasteiger partial charge is 0.114 e. The van der Waals surface area contributed by atoms with Crippen molar-refractivity contribution in [3.8, 4) is 0 Å². The summed E-state index contributed by atoms with van der Waals surface area (Å²) in [6, 6.07) is 0. The molecule has 0 radical (unpaired) electrons. The zero-order valence-corrected chi connectivity index (χ0v) is 6.75. The lowest BCUT2D eigenvalue weighted by Gasteiger charge is -2.10. The van der Waals surface area contributed by atoms with Gasteiger partial charge in [0.1, 0.15) is 5.76 Å². The minimum Gasteiger partial charge on any atom is -0.494 e. The van der Waals surface area contributed by atoms with E-state index in [0.29, 0.717) is 6.54 Å². The van der Waals surface area contributed by atoms with Crippen LogP contribution >= 0.6 is 0 Å². The number of ether oxygens (including phenoxy) is 1. The normalized spacial score (nSPS) is 18.1. The highest BCUT2D eigenvalue weighted by Crippen LogP contribution is 2.10. The summed E-state index contributed by atoms with van der Waals surface area (Å²) in [4.78, 5) is 0. The molecule has 2 heteroatoms. The summed E-state index contributed by atoms with van der Waals surface area (Å²) in [5.74, 6) is 1.00. The van der Waals surface area contributed by atoms with Gasteiger partial charge in [0.05, 0.1) is 6.61 Å². The molecule has 1 heterocycles. The fraction of sp³-hybridized carbons (Fsp3) is 0.556. The first-order chi connectivity index (χ1) is 5.43. The van der Waals surface area contributed by atoms with Crippen molar-refractivity contribution >= 4 is 0 Å². The van der Waals surface area contributed by atoms with Gasteiger partial charge in [-0.05, 0) is 38.0 Å². The van der Waals surface area contributed by atoms with Gasteiger partial charge in [0.15, 0.2) is 0 Å². The minimum atomic E-state index is 0.712. The van der Waals surface area contributed by atoms with Crippen LogP contribution in [0.3, 0.4) is 0 Å². The fourth-order valence-electron chi connectivity index (χ4n) is 0.988. The van der Waals surface area contributed by atoms with Crippen molar-refractivity contribution < 1.29 is 4.74 Å². The highest BCUT2D eigenvalue weighted by atomic mass is 16.5. The van der Waals surface area contributed by atoms with E-state index in [2.05, 4.69) is 12.2 Å². The van der Waals surface area contributed by atoms with Crippen LogP contribution in [0, 0.1) is 0 Å². The zero-order chi connectivity index (χ0) is 7.94. The quantitative estimate of drug-likeness (QED) is 0.668. The molecule has 2 N–H and O–H groups in total. The van der Waals surface area contributed by atoms with E-state index in [1.165, 1.54) is 0 Å². The first kappa shape index (κ1) is 8.34. The van der Waals surface area contributed by atoms with Crippen LogP contribution in [0.5, 0.6) is 0 Å². The largest absolute Gasteiger partial charge is 0.494 e. The highest BCUT2D eigenvalue weighted by molar-refractivity contribution is 5.13. The Morgan fingerprint density at radius 1 is 1.64 bits per heavy atom. The van der Waals surface area contributed by atoms with Gasteiger partial charge in [-0.25, -0.2) is 0 Å². The van der Waals surface area contributed by atoms with Gasteiger partial charge in [0.2, 0.25) is 0 Å². The van der Waals surface area contributed by atoms with Crippen LogP contribution in [0.2, 0.25) is 0 Å². The van der Waals surface area contributed by atoms with Gasteiger partial charge in [0, 0.05) is 0 Å². The third-order valence-electron chi connectivity index (χ3n) is 1.58. The molecule has 62 valence electrons. The molecule has 1 aliphatic heterocycles. The van der Waals surface area contributed by atoms with Gasteiger partial charge in [-0.1, -0.05) is 6.08 Å². The maximum atomic E-state index is 5.36. The molecule has 0 aromatic heterocycles. The molecule has 0 aliphatic carbocycles. The third-order valence-corrected chi connectivity index (χ3v) is 1.58. The molecular weight excluding hydrogens is 138 g/mol. The lowest BCUT2D eigenvalue weighted by atomic mass is 10.2. The van der Waals surface area contributed by atoms with Gasteiger partial charge < -0.3 is 10.5 Å². The van der Waals surface area contributed by atoms with E-state index in [0.717, 1.165) is 31.6 Å². The summed E-state index contributed by atoms with van der Waals surface area (Å²) < 4.78 is 5.36. The van der Waals surface area contributed by atoms with Crippen LogP contribution in [0.1, 0.15) is 19.3 Å². The Morgan fingerprint density at radius 2 is 2.55 bits per heavy atom. The fourth-order valence-corrected chi connectivity index (χ4v) is 0.988. The van der Waals surface area contributed by atoms with Crippen LogP contribution in [-0.4, -0.2) is 13.2 Å². The molecule has 0 saturated carbocycles. The van der Waals surface area contributed by atoms with Crippen molar-refractivity contribution in [1.29, 1.82) is 0 Å². The summed E-state index contributed by atoms with van der Waals surface area (Å²) in [7, 11) is 0. The van der Waals surface area contributed by atoms with Gasteiger partial charge in [-0.3, -0.25) is 0 Å². The van der Waals surface area contributed by atoms with Crippen molar-refractivity contribution in [2.24, 2.45) is 5.73 Å². The van der Waals surface area contributed by atoms with E-state index >= 15 is 0 Å². The summed E-state index contributed by atoms with van der Waals surface area (Å²) in [6.07, 6.45) is 9.40. The molecule has 0 fully saturated rings. The Kier molecular flexibility index (Phi) is 3.76. The van der Waals surface area contributed by atoms with E-state index in [1.807, 2.05) is 6.08 Å². The average Bonchev–Trinajstić information content (AvgIpc) is 2.07. The van der Waals surface area contributed by atoms with Crippen LogP contribution in [0.25, 0.3) is 0 Å². The summed E-state index contributed by atoms with van der Waals surface area (Å²) in [5.41, 5.74) is 5.33. The molecule has 1 rings (SSSR count). The molecule has 2 nitrogen and oxygen atoms in total. The third kappa shape index (κ3) is 3.23. The van der Waals surface area contributed by atoms with Crippen LogP contribution in [0.15, 0.2) is 24.0 Å². The molecule has 0 atom stereocenters. The predicted octanol–water partition coefficient (Wildman–Crippen LogP) is 1.59. The molecular formula is C9H15NO. The SMILES string of the molecule is NCC/C=C/C1=CCCCO1. The minimum absolute atomic E-state index is 0.712. The highest BCUT2D eigenvalue weighted by Gasteiger charge is 1.98. The molecule has 0 saturated heterocycles. The maximum absolute atomic E-state index is 5.36. The second kappa shape index (κ2) is 4.97. The molecule has 0 amide bonds. The average molecular weight is 153 g/mol. The molecule has 0 unspecified atom stereocenters. The number of hydrogen-bond acceptors (Lipinski definition) is 2. The predicted molar refractivity (Wildman–Crippen MR) is 46.1 cm³/mol. The monoisotopic (exact) mass is 153 g/mol. The molecule has 1 aliphatic rings. The summed E-state index contributed by atoms with van der Waals surface area (Å²) in [6.45, 7) is 1.57. The first-order valence-electron chi connectivity index (χ1n) is 4.13. The molecule has 11 heavy (non-hydrogen) atoms. The van der Waals surface area contributed by atoms with Gasteiger partial charge in [-0.15, -0.1) is 0 Å². The number of hydrogen-bond donors (Lipinski definition) is 1. The molecule has 0 spiro atoms. The Bertz CT molecular complexity index is 161. The zero-order valence-electron chi connectivity index (χ0n) is 6.75.